The fourth-order valence-corrected chi connectivity index (χ4v) is 3.26. The molecule has 3 aromatic rings. The van der Waals surface area contributed by atoms with Gasteiger partial charge >= 0.3 is 0 Å². The number of amides is 2. The lowest BCUT2D eigenvalue weighted by Crippen LogP contribution is -2.39. The number of benzene rings is 2. The molecule has 3 N–H and O–H groups in total. The molecule has 10 heteroatoms. The van der Waals surface area contributed by atoms with E-state index in [9.17, 15) is 18.4 Å². The zero-order chi connectivity index (χ0) is 22.0. The van der Waals surface area contributed by atoms with Crippen LogP contribution in [0.3, 0.4) is 0 Å². The van der Waals surface area contributed by atoms with Gasteiger partial charge in [0, 0.05) is 25.4 Å². The molecule has 0 radical (unpaired) electrons. The third-order valence-corrected chi connectivity index (χ3v) is 4.84. The molecular weight excluding hydrogens is 406 g/mol. The van der Waals surface area contributed by atoms with Gasteiger partial charge in [0.2, 0.25) is 5.91 Å². The van der Waals surface area contributed by atoms with Crippen LogP contribution in [0.25, 0.3) is 5.69 Å². The van der Waals surface area contributed by atoms with Crippen molar-refractivity contribution in [1.82, 2.24) is 14.9 Å². The molecule has 1 atom stereocenters. The van der Waals surface area contributed by atoms with Crippen molar-refractivity contribution in [2.75, 3.05) is 5.01 Å². The second-order valence-corrected chi connectivity index (χ2v) is 6.93. The van der Waals surface area contributed by atoms with Gasteiger partial charge in [-0.2, -0.15) is 5.10 Å². The third kappa shape index (κ3) is 4.27. The van der Waals surface area contributed by atoms with Crippen molar-refractivity contribution in [2.24, 2.45) is 10.8 Å². The molecular formula is C21H18F2N6O2. The Labute approximate surface area is 176 Å². The zero-order valence-electron chi connectivity index (χ0n) is 16.2. The standard InChI is InChI=1S/C21H18F2N6O2/c22-14-2-4-15(5-3-14)29-19(20(24)30)10-17(27-29)21(31)26-11-13-1-6-18(16(23)9-13)28-8-7-25-12-28/h1-9,12,19H,10-11H2,(H2,24,30)(H,26,31). The number of halogens is 2. The second-order valence-electron chi connectivity index (χ2n) is 6.93. The van der Waals surface area contributed by atoms with Crippen molar-refractivity contribution in [2.45, 2.75) is 19.0 Å². The van der Waals surface area contributed by atoms with Crippen molar-refractivity contribution in [1.29, 1.82) is 0 Å². The summed E-state index contributed by atoms with van der Waals surface area (Å²) >= 11 is 0. The van der Waals surface area contributed by atoms with Gasteiger partial charge in [-0.3, -0.25) is 14.6 Å². The molecule has 8 nitrogen and oxygen atoms in total. The summed E-state index contributed by atoms with van der Waals surface area (Å²) in [4.78, 5) is 28.3. The molecule has 0 fully saturated rings. The first kappa shape index (κ1) is 20.2. The number of rotatable bonds is 6. The number of nitrogens with one attached hydrogen (secondary N) is 1. The average Bonchev–Trinajstić information content (AvgIpc) is 3.43. The number of hydrazone groups is 1. The normalized spacial score (nSPS) is 15.6. The molecule has 2 amide bonds. The number of hydrogen-bond acceptors (Lipinski definition) is 5. The third-order valence-electron chi connectivity index (χ3n) is 4.84. The van der Waals surface area contributed by atoms with Crippen molar-refractivity contribution in [3.63, 3.8) is 0 Å². The van der Waals surface area contributed by atoms with Crippen LogP contribution in [-0.2, 0) is 16.1 Å². The average molecular weight is 424 g/mol. The Morgan fingerprint density at radius 2 is 1.94 bits per heavy atom. The van der Waals surface area contributed by atoms with Crippen LogP contribution in [0.2, 0.25) is 0 Å². The van der Waals surface area contributed by atoms with Gasteiger partial charge in [0.25, 0.3) is 5.91 Å². The molecule has 0 spiro atoms. The molecule has 2 heterocycles. The maximum atomic E-state index is 14.4. The summed E-state index contributed by atoms with van der Waals surface area (Å²) in [6.07, 6.45) is 4.66. The van der Waals surface area contributed by atoms with Crippen molar-refractivity contribution < 1.29 is 18.4 Å². The van der Waals surface area contributed by atoms with E-state index < -0.39 is 29.5 Å². The van der Waals surface area contributed by atoms with Crippen molar-refractivity contribution in [3.05, 3.63) is 78.4 Å². The molecule has 1 unspecified atom stereocenters. The van der Waals surface area contributed by atoms with E-state index in [1.807, 2.05) is 0 Å². The Kier molecular flexibility index (Phi) is 5.44. The van der Waals surface area contributed by atoms with Gasteiger partial charge in [-0.25, -0.2) is 13.8 Å². The highest BCUT2D eigenvalue weighted by molar-refractivity contribution is 6.40. The summed E-state index contributed by atoms with van der Waals surface area (Å²) in [6, 6.07) is 9.07. The smallest absolute Gasteiger partial charge is 0.267 e. The maximum Gasteiger partial charge on any atom is 0.267 e. The van der Waals surface area contributed by atoms with E-state index in [2.05, 4.69) is 15.4 Å². The topological polar surface area (TPSA) is 106 Å². The quantitative estimate of drug-likeness (QED) is 0.630. The largest absolute Gasteiger partial charge is 0.368 e. The molecule has 4 rings (SSSR count). The van der Waals surface area contributed by atoms with E-state index in [0.717, 1.165) is 0 Å². The van der Waals surface area contributed by atoms with Gasteiger partial charge in [-0.15, -0.1) is 0 Å². The lowest BCUT2D eigenvalue weighted by atomic mass is 10.1. The second kappa shape index (κ2) is 8.34. The molecule has 1 aliphatic rings. The number of carbonyl (C=O) groups is 2. The monoisotopic (exact) mass is 424 g/mol. The number of imidazole rings is 1. The summed E-state index contributed by atoms with van der Waals surface area (Å²) in [5.74, 6) is -2.06. The minimum atomic E-state index is -0.863. The van der Waals surface area contributed by atoms with Crippen LogP contribution in [0.15, 0.2) is 66.3 Å². The Hall–Kier alpha value is -4.08. The molecule has 1 aliphatic heterocycles. The molecule has 0 saturated carbocycles. The fraction of sp³-hybridized carbons (Fsp3) is 0.143. The van der Waals surface area contributed by atoms with Crippen LogP contribution in [0, 0.1) is 11.6 Å². The number of nitrogens with zero attached hydrogens (tertiary/aromatic N) is 4. The first-order chi connectivity index (χ1) is 14.9. The van der Waals surface area contributed by atoms with Gasteiger partial charge in [0.15, 0.2) is 0 Å². The minimum absolute atomic E-state index is 0.00642. The number of aromatic nitrogens is 2. The number of carbonyl (C=O) groups excluding carboxylic acids is 2. The highest BCUT2D eigenvalue weighted by Gasteiger charge is 2.34. The van der Waals surface area contributed by atoms with Crippen molar-refractivity contribution in [3.8, 4) is 5.69 Å². The lowest BCUT2D eigenvalue weighted by Gasteiger charge is -2.20. The predicted octanol–water partition coefficient (Wildman–Crippen LogP) is 1.89. The van der Waals surface area contributed by atoms with E-state index in [0.29, 0.717) is 16.9 Å². The molecule has 0 bridgehead atoms. The van der Waals surface area contributed by atoms with Crippen LogP contribution >= 0.6 is 0 Å². The molecule has 158 valence electrons. The fourth-order valence-electron chi connectivity index (χ4n) is 3.26. The molecule has 0 saturated heterocycles. The Morgan fingerprint density at radius 1 is 1.16 bits per heavy atom. The highest BCUT2D eigenvalue weighted by Crippen LogP contribution is 2.25. The summed E-state index contributed by atoms with van der Waals surface area (Å²) < 4.78 is 29.1. The molecule has 0 aliphatic carbocycles. The van der Waals surface area contributed by atoms with Gasteiger partial charge < -0.3 is 15.6 Å². The molecule has 31 heavy (non-hydrogen) atoms. The number of nitrogens with two attached hydrogens (primary N) is 1. The lowest BCUT2D eigenvalue weighted by molar-refractivity contribution is -0.119. The Balaban J connectivity index is 1.45. The summed E-state index contributed by atoms with van der Waals surface area (Å²) in [6.45, 7) is 0.0662. The Bertz CT molecular complexity index is 1150. The highest BCUT2D eigenvalue weighted by atomic mass is 19.1. The summed E-state index contributed by atoms with van der Waals surface area (Å²) in [5, 5.41) is 8.17. The summed E-state index contributed by atoms with van der Waals surface area (Å²) in [7, 11) is 0. The maximum absolute atomic E-state index is 14.4. The zero-order valence-corrected chi connectivity index (χ0v) is 16.2. The SMILES string of the molecule is NC(=O)C1CC(C(=O)NCc2ccc(-n3ccnc3)c(F)c2)=NN1c1ccc(F)cc1. The van der Waals surface area contributed by atoms with Gasteiger partial charge in [-0.1, -0.05) is 6.07 Å². The van der Waals surface area contributed by atoms with E-state index in [-0.39, 0.29) is 18.7 Å². The van der Waals surface area contributed by atoms with E-state index in [4.69, 9.17) is 5.73 Å². The van der Waals surface area contributed by atoms with Crippen LogP contribution < -0.4 is 16.1 Å². The van der Waals surface area contributed by atoms with Crippen LogP contribution in [0.5, 0.6) is 0 Å². The van der Waals surface area contributed by atoms with E-state index >= 15 is 0 Å². The van der Waals surface area contributed by atoms with E-state index in [1.54, 1.807) is 29.1 Å². The predicted molar refractivity (Wildman–Crippen MR) is 109 cm³/mol. The number of hydrogen-bond donors (Lipinski definition) is 2. The Morgan fingerprint density at radius 3 is 2.58 bits per heavy atom. The van der Waals surface area contributed by atoms with Gasteiger partial charge in [0.05, 0.1) is 17.7 Å². The van der Waals surface area contributed by atoms with Crippen molar-refractivity contribution >= 4 is 23.2 Å². The molecule has 1 aromatic heterocycles. The van der Waals surface area contributed by atoms with Crippen LogP contribution in [-0.4, -0.2) is 33.1 Å². The first-order valence-electron chi connectivity index (χ1n) is 9.39. The van der Waals surface area contributed by atoms with Crippen LogP contribution in [0.4, 0.5) is 14.5 Å². The van der Waals surface area contributed by atoms with Gasteiger partial charge in [0.1, 0.15) is 23.4 Å². The minimum Gasteiger partial charge on any atom is -0.368 e. The molecule has 2 aromatic carbocycles. The number of anilines is 1. The summed E-state index contributed by atoms with van der Waals surface area (Å²) in [5.41, 5.74) is 6.87. The number of primary amides is 1. The van der Waals surface area contributed by atoms with E-state index in [1.165, 1.54) is 41.7 Å². The van der Waals surface area contributed by atoms with Crippen LogP contribution in [0.1, 0.15) is 12.0 Å². The first-order valence-corrected chi connectivity index (χ1v) is 9.39. The van der Waals surface area contributed by atoms with Gasteiger partial charge in [-0.05, 0) is 42.0 Å².